The van der Waals surface area contributed by atoms with Crippen LogP contribution in [0, 0.1) is 13.8 Å². The van der Waals surface area contributed by atoms with Crippen LogP contribution in [0.1, 0.15) is 90.2 Å². The van der Waals surface area contributed by atoms with Gasteiger partial charge in [-0.25, -0.2) is 5.09 Å². The molecule has 56 heavy (non-hydrogen) atoms. The van der Waals surface area contributed by atoms with Gasteiger partial charge in [0.1, 0.15) is 23.9 Å². The lowest BCUT2D eigenvalue weighted by molar-refractivity contribution is -0.148. The summed E-state index contributed by atoms with van der Waals surface area (Å²) >= 11 is 1.31. The number of fused-ring (bicyclic) bond motifs is 2. The summed E-state index contributed by atoms with van der Waals surface area (Å²) in [5, 5.41) is 6.75. The normalized spacial score (nSPS) is 21.4. The zero-order chi connectivity index (χ0) is 39.6. The van der Waals surface area contributed by atoms with Gasteiger partial charge >= 0.3 is 13.5 Å². The van der Waals surface area contributed by atoms with Crippen LogP contribution in [0.25, 0.3) is 10.1 Å². The minimum Gasteiger partial charge on any atom is -0.465 e. The van der Waals surface area contributed by atoms with Gasteiger partial charge in [-0.15, -0.1) is 11.3 Å². The monoisotopic (exact) mass is 799 g/mol. The number of carbonyl (C=O) groups is 4. The second-order valence-corrected chi connectivity index (χ2v) is 18.5. The van der Waals surface area contributed by atoms with E-state index in [1.807, 2.05) is 80.4 Å². The van der Waals surface area contributed by atoms with E-state index in [1.165, 1.54) is 11.3 Å². The second-order valence-electron chi connectivity index (χ2n) is 15.3. The van der Waals surface area contributed by atoms with Crippen molar-refractivity contribution in [2.45, 2.75) is 102 Å². The highest BCUT2D eigenvalue weighted by Crippen LogP contribution is 2.49. The molecule has 12 nitrogen and oxygen atoms in total. The number of hydrogen-bond donors (Lipinski definition) is 2. The maximum atomic E-state index is 14.6. The molecule has 296 valence electrons. The number of hydrogen-bond acceptors (Lipinski definition) is 9. The number of thiophene rings is 1. The molecule has 2 N–H and O–H groups in total. The standard InChI is InChI=1S/C42H50N5O7PS/c1-5-19-53-42(51)28(4)45-55(52,54-38-26(2)9-6-10-27(38)3)25-29-14-17-36-31(20-29)21-37(56-36)39(48)44-34-13-7-12-33-15-16-35(47(33)40(34)49)41(50)46-23-32(24-46)30-11-8-18-43-22-30/h6,8-11,14,17-18,20-22,28,32-35H,5,7,12-13,15-16,19,23-25H2,1-4H3,(H,44,48)(H,45,52)/t28-,33-,34?,35-,55?/m0/s1. The first-order valence-corrected chi connectivity index (χ1v) is 22.2. The summed E-state index contributed by atoms with van der Waals surface area (Å²) in [6.07, 6.45) is 7.72. The minimum absolute atomic E-state index is 0.00867. The van der Waals surface area contributed by atoms with Gasteiger partial charge in [-0.3, -0.25) is 28.7 Å². The number of aryl methyl sites for hydroxylation is 2. The Bertz CT molecular complexity index is 2130. The van der Waals surface area contributed by atoms with Crippen molar-refractivity contribution in [1.82, 2.24) is 25.2 Å². The van der Waals surface area contributed by atoms with Gasteiger partial charge in [-0.05, 0) is 111 Å². The lowest BCUT2D eigenvalue weighted by Crippen LogP contribution is -2.58. The Kier molecular flexibility index (Phi) is 11.9. The van der Waals surface area contributed by atoms with Crippen molar-refractivity contribution in [3.05, 3.63) is 94.1 Å². The van der Waals surface area contributed by atoms with Crippen LogP contribution in [-0.4, -0.2) is 82.3 Å². The van der Waals surface area contributed by atoms with Crippen molar-refractivity contribution in [3.63, 3.8) is 0 Å². The van der Waals surface area contributed by atoms with Gasteiger partial charge in [-0.1, -0.05) is 37.3 Å². The molecule has 3 amide bonds. The molecule has 14 heteroatoms. The van der Waals surface area contributed by atoms with E-state index in [-0.39, 0.29) is 42.5 Å². The molecule has 3 aliphatic heterocycles. The van der Waals surface area contributed by atoms with Crippen molar-refractivity contribution in [2.24, 2.45) is 0 Å². The van der Waals surface area contributed by atoms with Gasteiger partial charge in [0.2, 0.25) is 11.8 Å². The summed E-state index contributed by atoms with van der Waals surface area (Å²) < 4.78 is 27.0. The maximum absolute atomic E-state index is 14.6. The summed E-state index contributed by atoms with van der Waals surface area (Å²) in [6, 6.07) is 14.8. The molecule has 7 rings (SSSR count). The Balaban J connectivity index is 1.04. The third-order valence-electron chi connectivity index (χ3n) is 11.1. The van der Waals surface area contributed by atoms with Crippen LogP contribution in [0.15, 0.2) is 67.0 Å². The van der Waals surface area contributed by atoms with Crippen LogP contribution in [0.3, 0.4) is 0 Å². The van der Waals surface area contributed by atoms with Gasteiger partial charge in [-0.2, -0.15) is 0 Å². The third-order valence-corrected chi connectivity index (χ3v) is 14.2. The lowest BCUT2D eigenvalue weighted by atomic mass is 9.92. The molecule has 3 fully saturated rings. The van der Waals surface area contributed by atoms with E-state index in [9.17, 15) is 23.7 Å². The van der Waals surface area contributed by atoms with Gasteiger partial charge < -0.3 is 24.4 Å². The number of carbonyl (C=O) groups excluding carboxylic acids is 4. The highest BCUT2D eigenvalue weighted by molar-refractivity contribution is 7.56. The molecule has 4 aromatic rings. The number of pyridine rings is 1. The molecular formula is C42H50N5O7PS. The van der Waals surface area contributed by atoms with Gasteiger partial charge in [0, 0.05) is 42.1 Å². The summed E-state index contributed by atoms with van der Waals surface area (Å²) in [5.41, 5.74) is 3.44. The fourth-order valence-electron chi connectivity index (χ4n) is 8.08. The Labute approximate surface area is 331 Å². The molecule has 2 unspecified atom stereocenters. The third kappa shape index (κ3) is 8.55. The number of para-hydroxylation sites is 1. The van der Waals surface area contributed by atoms with Crippen LogP contribution in [0.4, 0.5) is 0 Å². The van der Waals surface area contributed by atoms with Gasteiger partial charge in [0.05, 0.1) is 17.6 Å². The topological polar surface area (TPSA) is 147 Å². The number of benzene rings is 2. The van der Waals surface area contributed by atoms with Crippen LogP contribution in [0.2, 0.25) is 0 Å². The SMILES string of the molecule is CCCOC(=O)[C@H](C)NP(=O)(Cc1ccc2sc(C(=O)NC3CCC[C@H]4CC[C@@H](C(=O)N5CC(c6cccnc6)C5)N4C3=O)cc2c1)Oc1c(C)cccc1C. The largest absolute Gasteiger partial charge is 0.465 e. The number of aromatic nitrogens is 1. The number of rotatable bonds is 13. The average molecular weight is 800 g/mol. The predicted octanol–water partition coefficient (Wildman–Crippen LogP) is 6.88. The van der Waals surface area contributed by atoms with Crippen LogP contribution >= 0.6 is 18.9 Å². The maximum Gasteiger partial charge on any atom is 0.323 e. The average Bonchev–Trinajstić information content (AvgIpc) is 3.75. The molecule has 0 aliphatic carbocycles. The number of esters is 1. The Morgan fingerprint density at radius 3 is 2.54 bits per heavy atom. The molecule has 5 atom stereocenters. The van der Waals surface area contributed by atoms with Crippen LogP contribution in [0.5, 0.6) is 5.75 Å². The Hall–Kier alpha value is -4.58. The van der Waals surface area contributed by atoms with Crippen molar-refractivity contribution in [1.29, 1.82) is 0 Å². The van der Waals surface area contributed by atoms with E-state index < -0.39 is 31.6 Å². The molecule has 0 spiro atoms. The van der Waals surface area contributed by atoms with Crippen molar-refractivity contribution < 1.29 is 33.0 Å². The number of likely N-dealkylation sites (tertiary alicyclic amines) is 1. The predicted molar refractivity (Wildman–Crippen MR) is 216 cm³/mol. The van der Waals surface area contributed by atoms with Crippen molar-refractivity contribution in [3.8, 4) is 5.75 Å². The van der Waals surface area contributed by atoms with Gasteiger partial charge in [0.25, 0.3) is 5.91 Å². The quantitative estimate of drug-likeness (QED) is 0.109. The minimum atomic E-state index is -3.73. The van der Waals surface area contributed by atoms with E-state index in [0.717, 1.165) is 46.0 Å². The summed E-state index contributed by atoms with van der Waals surface area (Å²) in [5.74, 6) is -0.327. The summed E-state index contributed by atoms with van der Waals surface area (Å²) in [7, 11) is -3.73. The lowest BCUT2D eigenvalue weighted by Gasteiger charge is -2.42. The van der Waals surface area contributed by atoms with Crippen LogP contribution in [-0.2, 0) is 29.8 Å². The first-order chi connectivity index (χ1) is 26.9. The zero-order valence-electron chi connectivity index (χ0n) is 32.4. The fourth-order valence-corrected chi connectivity index (χ4v) is 11.2. The Morgan fingerprint density at radius 2 is 1.80 bits per heavy atom. The Morgan fingerprint density at radius 1 is 1.02 bits per heavy atom. The number of nitrogens with zero attached hydrogens (tertiary/aromatic N) is 3. The van der Waals surface area contributed by atoms with Crippen LogP contribution < -0.4 is 14.9 Å². The number of amides is 3. The highest BCUT2D eigenvalue weighted by Gasteiger charge is 2.47. The first-order valence-electron chi connectivity index (χ1n) is 19.6. The van der Waals surface area contributed by atoms with E-state index in [0.29, 0.717) is 48.5 Å². The highest BCUT2D eigenvalue weighted by atomic mass is 32.1. The molecule has 0 radical (unpaired) electrons. The van der Waals surface area contributed by atoms with Gasteiger partial charge in [0.15, 0.2) is 0 Å². The van der Waals surface area contributed by atoms with E-state index in [2.05, 4.69) is 15.4 Å². The molecular weight excluding hydrogens is 750 g/mol. The molecule has 2 aromatic carbocycles. The zero-order valence-corrected chi connectivity index (χ0v) is 34.1. The fraction of sp³-hybridized carbons (Fsp3) is 0.452. The summed E-state index contributed by atoms with van der Waals surface area (Å²) in [6.45, 7) is 8.77. The number of ether oxygens (including phenoxy) is 1. The summed E-state index contributed by atoms with van der Waals surface area (Å²) in [4.78, 5) is 62.5. The molecule has 2 aromatic heterocycles. The van der Waals surface area contributed by atoms with E-state index in [1.54, 1.807) is 24.1 Å². The molecule has 3 aliphatic rings. The van der Waals surface area contributed by atoms with Crippen molar-refractivity contribution >= 4 is 52.6 Å². The smallest absolute Gasteiger partial charge is 0.323 e. The van der Waals surface area contributed by atoms with E-state index in [4.69, 9.17) is 9.26 Å². The molecule has 5 heterocycles. The molecule has 3 saturated heterocycles. The molecule has 0 saturated carbocycles. The van der Waals surface area contributed by atoms with Crippen molar-refractivity contribution in [2.75, 3.05) is 19.7 Å². The second kappa shape index (κ2) is 16.9. The number of nitrogens with one attached hydrogen (secondary N) is 2. The van der Waals surface area contributed by atoms with E-state index >= 15 is 0 Å². The first kappa shape index (κ1) is 39.6. The molecule has 0 bridgehead atoms.